The van der Waals surface area contributed by atoms with Crippen molar-refractivity contribution in [3.8, 4) is 0 Å². The zero-order valence-corrected chi connectivity index (χ0v) is 17.2. The summed E-state index contributed by atoms with van der Waals surface area (Å²) >= 11 is 3.55. The summed E-state index contributed by atoms with van der Waals surface area (Å²) in [5, 5.41) is 2.12. The van der Waals surface area contributed by atoms with Crippen molar-refractivity contribution in [2.75, 3.05) is 46.0 Å². The molecule has 1 aliphatic rings. The highest BCUT2D eigenvalue weighted by Gasteiger charge is 2.22. The molecule has 0 radical (unpaired) electrons. The monoisotopic (exact) mass is 389 g/mol. The maximum Gasteiger partial charge on any atom is 0.236 e. The van der Waals surface area contributed by atoms with Crippen LogP contribution in [0.25, 0.3) is 0 Å². The molecule has 4 nitrogen and oxygen atoms in total. The van der Waals surface area contributed by atoms with Gasteiger partial charge in [-0.2, -0.15) is 0 Å². The van der Waals surface area contributed by atoms with Crippen LogP contribution in [0.1, 0.15) is 10.4 Å². The lowest BCUT2D eigenvalue weighted by atomic mass is 10.2. The molecule has 1 fully saturated rings. The summed E-state index contributed by atoms with van der Waals surface area (Å²) in [5.74, 6) is 0.240. The molecular formula is C20H27N3OS2. The average molecular weight is 390 g/mol. The molecule has 1 saturated heterocycles. The maximum absolute atomic E-state index is 12.6. The van der Waals surface area contributed by atoms with E-state index in [1.165, 1.54) is 15.3 Å². The molecular weight excluding hydrogens is 362 g/mol. The number of benzene rings is 1. The summed E-state index contributed by atoms with van der Waals surface area (Å²) in [5.41, 5.74) is 1.25. The molecule has 6 heteroatoms. The second kappa shape index (κ2) is 9.55. The molecule has 1 aromatic heterocycles. The van der Waals surface area contributed by atoms with Crippen LogP contribution in [-0.2, 0) is 17.9 Å². The molecule has 0 atom stereocenters. The minimum atomic E-state index is 0.240. The van der Waals surface area contributed by atoms with E-state index in [9.17, 15) is 4.79 Å². The number of likely N-dealkylation sites (N-methyl/N-ethyl adjacent to an activating group) is 1. The van der Waals surface area contributed by atoms with E-state index < -0.39 is 0 Å². The van der Waals surface area contributed by atoms with E-state index in [-0.39, 0.29) is 5.91 Å². The molecule has 0 saturated carbocycles. The standard InChI is InChI=1S/C20H27N3OS2/c1-21(14-17-5-7-18(25-2)8-6-17)16-20(24)23-11-9-22(10-12-23)15-19-4-3-13-26-19/h3-8,13H,9-12,14-16H2,1-2H3. The lowest BCUT2D eigenvalue weighted by molar-refractivity contribution is -0.134. The molecule has 1 aliphatic heterocycles. The van der Waals surface area contributed by atoms with Gasteiger partial charge < -0.3 is 4.90 Å². The molecule has 0 bridgehead atoms. The largest absolute Gasteiger partial charge is 0.339 e. The molecule has 1 aromatic carbocycles. The van der Waals surface area contributed by atoms with Crippen molar-refractivity contribution < 1.29 is 4.79 Å². The van der Waals surface area contributed by atoms with E-state index in [0.29, 0.717) is 6.54 Å². The van der Waals surface area contributed by atoms with Crippen LogP contribution >= 0.6 is 23.1 Å². The summed E-state index contributed by atoms with van der Waals surface area (Å²) < 4.78 is 0. The number of nitrogens with zero attached hydrogens (tertiary/aromatic N) is 3. The van der Waals surface area contributed by atoms with Crippen LogP contribution in [0.15, 0.2) is 46.7 Å². The smallest absolute Gasteiger partial charge is 0.236 e. The highest BCUT2D eigenvalue weighted by Crippen LogP contribution is 2.16. The molecule has 26 heavy (non-hydrogen) atoms. The number of carbonyl (C=O) groups excluding carboxylic acids is 1. The number of carbonyl (C=O) groups is 1. The number of hydrogen-bond donors (Lipinski definition) is 0. The first-order valence-corrected chi connectivity index (χ1v) is 11.1. The summed E-state index contributed by atoms with van der Waals surface area (Å²) in [4.78, 5) is 21.8. The van der Waals surface area contributed by atoms with Crippen LogP contribution in [-0.4, -0.2) is 66.6 Å². The number of thioether (sulfide) groups is 1. The normalized spacial score (nSPS) is 15.6. The van der Waals surface area contributed by atoms with Gasteiger partial charge in [0.15, 0.2) is 0 Å². The predicted octanol–water partition coefficient (Wildman–Crippen LogP) is 3.25. The quantitative estimate of drug-likeness (QED) is 0.679. The second-order valence-electron chi connectivity index (χ2n) is 6.76. The first kappa shape index (κ1) is 19.4. The van der Waals surface area contributed by atoms with Crippen molar-refractivity contribution in [2.45, 2.75) is 18.0 Å². The van der Waals surface area contributed by atoms with E-state index in [0.717, 1.165) is 39.3 Å². The Kier molecular flexibility index (Phi) is 7.14. The van der Waals surface area contributed by atoms with Gasteiger partial charge in [0.1, 0.15) is 0 Å². The third kappa shape index (κ3) is 5.58. The van der Waals surface area contributed by atoms with Gasteiger partial charge in [-0.1, -0.05) is 18.2 Å². The van der Waals surface area contributed by atoms with E-state index in [4.69, 9.17) is 0 Å². The lowest BCUT2D eigenvalue weighted by Crippen LogP contribution is -2.50. The van der Waals surface area contributed by atoms with E-state index in [2.05, 4.69) is 57.8 Å². The van der Waals surface area contributed by atoms with Crippen LogP contribution in [0, 0.1) is 0 Å². The summed E-state index contributed by atoms with van der Waals surface area (Å²) in [6.45, 7) is 5.88. The molecule has 0 N–H and O–H groups in total. The molecule has 2 heterocycles. The first-order chi connectivity index (χ1) is 12.6. The molecule has 0 spiro atoms. The highest BCUT2D eigenvalue weighted by atomic mass is 32.2. The Labute approximate surface area is 164 Å². The first-order valence-electron chi connectivity index (χ1n) is 8.98. The minimum absolute atomic E-state index is 0.240. The minimum Gasteiger partial charge on any atom is -0.339 e. The molecule has 0 aliphatic carbocycles. The van der Waals surface area contributed by atoms with Gasteiger partial charge in [-0.05, 0) is 42.4 Å². The maximum atomic E-state index is 12.6. The van der Waals surface area contributed by atoms with Crippen LogP contribution in [0.4, 0.5) is 0 Å². The van der Waals surface area contributed by atoms with Gasteiger partial charge in [0.25, 0.3) is 0 Å². The van der Waals surface area contributed by atoms with Gasteiger partial charge in [-0.15, -0.1) is 23.1 Å². The zero-order valence-electron chi connectivity index (χ0n) is 15.6. The Bertz CT molecular complexity index is 680. The molecule has 3 rings (SSSR count). The van der Waals surface area contributed by atoms with Crippen LogP contribution in [0.5, 0.6) is 0 Å². The molecule has 2 aromatic rings. The molecule has 1 amide bonds. The fraction of sp³-hybridized carbons (Fsp3) is 0.450. The third-order valence-corrected chi connectivity index (χ3v) is 6.31. The number of hydrogen-bond acceptors (Lipinski definition) is 5. The lowest BCUT2D eigenvalue weighted by Gasteiger charge is -2.35. The van der Waals surface area contributed by atoms with Crippen molar-refractivity contribution in [1.29, 1.82) is 0 Å². The molecule has 0 unspecified atom stereocenters. The Balaban J connectivity index is 1.41. The van der Waals surface area contributed by atoms with Gasteiger partial charge in [-0.25, -0.2) is 0 Å². The number of rotatable bonds is 7. The van der Waals surface area contributed by atoms with E-state index in [1.807, 2.05) is 11.9 Å². The summed E-state index contributed by atoms with van der Waals surface area (Å²) in [7, 11) is 2.02. The Morgan fingerprint density at radius 1 is 1.15 bits per heavy atom. The Hall–Kier alpha value is -1.34. The van der Waals surface area contributed by atoms with Crippen molar-refractivity contribution in [3.05, 3.63) is 52.2 Å². The van der Waals surface area contributed by atoms with E-state index in [1.54, 1.807) is 23.1 Å². The topological polar surface area (TPSA) is 26.8 Å². The number of thiophene rings is 1. The average Bonchev–Trinajstić information content (AvgIpc) is 3.16. The van der Waals surface area contributed by atoms with Crippen LogP contribution in [0.3, 0.4) is 0 Å². The number of amides is 1. The van der Waals surface area contributed by atoms with Gasteiger partial charge in [0.05, 0.1) is 6.54 Å². The SMILES string of the molecule is CSc1ccc(CN(C)CC(=O)N2CCN(Cc3cccs3)CC2)cc1. The fourth-order valence-electron chi connectivity index (χ4n) is 3.21. The van der Waals surface area contributed by atoms with Crippen LogP contribution in [0.2, 0.25) is 0 Å². The van der Waals surface area contributed by atoms with E-state index >= 15 is 0 Å². The van der Waals surface area contributed by atoms with Crippen molar-refractivity contribution >= 4 is 29.0 Å². The van der Waals surface area contributed by atoms with Crippen molar-refractivity contribution in [1.82, 2.24) is 14.7 Å². The third-order valence-electron chi connectivity index (χ3n) is 4.70. The van der Waals surface area contributed by atoms with Crippen molar-refractivity contribution in [3.63, 3.8) is 0 Å². The summed E-state index contributed by atoms with van der Waals surface area (Å²) in [6.07, 6.45) is 2.08. The van der Waals surface area contributed by atoms with Gasteiger partial charge >= 0.3 is 0 Å². The second-order valence-corrected chi connectivity index (χ2v) is 8.67. The fourth-order valence-corrected chi connectivity index (χ4v) is 4.36. The predicted molar refractivity (Wildman–Crippen MR) is 111 cm³/mol. The summed E-state index contributed by atoms with van der Waals surface area (Å²) in [6, 6.07) is 12.9. The Morgan fingerprint density at radius 2 is 1.88 bits per heavy atom. The highest BCUT2D eigenvalue weighted by molar-refractivity contribution is 7.98. The van der Waals surface area contributed by atoms with Gasteiger partial charge in [0.2, 0.25) is 5.91 Å². The van der Waals surface area contributed by atoms with Gasteiger partial charge in [0, 0.05) is 49.0 Å². The zero-order chi connectivity index (χ0) is 18.4. The van der Waals surface area contributed by atoms with Gasteiger partial charge in [-0.3, -0.25) is 14.6 Å². The van der Waals surface area contributed by atoms with Crippen LogP contribution < -0.4 is 0 Å². The molecule has 140 valence electrons. The van der Waals surface area contributed by atoms with Crippen molar-refractivity contribution in [2.24, 2.45) is 0 Å². The Morgan fingerprint density at radius 3 is 2.50 bits per heavy atom. The number of piperazine rings is 1.